The van der Waals surface area contributed by atoms with Gasteiger partial charge in [0.25, 0.3) is 0 Å². The lowest BCUT2D eigenvalue weighted by Gasteiger charge is -2.22. The van der Waals surface area contributed by atoms with Crippen LogP contribution >= 0.6 is 0 Å². The molecule has 1 aromatic heterocycles. The summed E-state index contributed by atoms with van der Waals surface area (Å²) in [4.78, 5) is 7.04. The molecule has 3 heteroatoms. The van der Waals surface area contributed by atoms with Crippen LogP contribution in [-0.4, -0.2) is 35.6 Å². The number of aromatic nitrogens is 1. The van der Waals surface area contributed by atoms with E-state index in [2.05, 4.69) is 61.1 Å². The van der Waals surface area contributed by atoms with E-state index >= 15 is 0 Å². The summed E-state index contributed by atoms with van der Waals surface area (Å²) in [5.74, 6) is 0. The lowest BCUT2D eigenvalue weighted by atomic mass is 10.2. The molecule has 0 saturated carbocycles. The molecule has 1 N–H and O–H groups in total. The first-order valence-corrected chi connectivity index (χ1v) is 7.54. The van der Waals surface area contributed by atoms with Crippen molar-refractivity contribution >= 4 is 0 Å². The van der Waals surface area contributed by atoms with Gasteiger partial charge in [-0.05, 0) is 51.9 Å². The Bertz CT molecular complexity index is 352. The zero-order chi connectivity index (χ0) is 14.1. The van der Waals surface area contributed by atoms with Gasteiger partial charge in [-0.1, -0.05) is 19.9 Å². The van der Waals surface area contributed by atoms with E-state index in [9.17, 15) is 0 Å². The van der Waals surface area contributed by atoms with E-state index in [1.165, 1.54) is 18.5 Å². The second-order valence-electron chi connectivity index (χ2n) is 5.28. The Morgan fingerprint density at radius 3 is 2.74 bits per heavy atom. The van der Waals surface area contributed by atoms with Gasteiger partial charge in [0.15, 0.2) is 0 Å². The third-order valence-electron chi connectivity index (χ3n) is 3.40. The molecule has 108 valence electrons. The molecule has 1 aromatic rings. The molecule has 0 bridgehead atoms. The van der Waals surface area contributed by atoms with Crippen molar-refractivity contribution in [1.82, 2.24) is 15.2 Å². The first-order chi connectivity index (χ1) is 9.15. The second kappa shape index (κ2) is 9.05. The maximum Gasteiger partial charge on any atom is 0.0547 e. The predicted molar refractivity (Wildman–Crippen MR) is 82.3 cm³/mol. The second-order valence-corrected chi connectivity index (χ2v) is 5.28. The van der Waals surface area contributed by atoms with E-state index in [-0.39, 0.29) is 0 Å². The standard InChI is InChI=1S/C16H29N3/c1-5-11-17-14(3)10-12-19(6-2)13-16-9-7-8-15(4)18-16/h7-9,14,17H,5-6,10-13H2,1-4H3. The Balaban J connectivity index is 2.37. The minimum atomic E-state index is 0.597. The van der Waals surface area contributed by atoms with Crippen molar-refractivity contribution < 1.29 is 0 Å². The van der Waals surface area contributed by atoms with Gasteiger partial charge in [-0.15, -0.1) is 0 Å². The highest BCUT2D eigenvalue weighted by Gasteiger charge is 2.07. The molecule has 1 atom stereocenters. The van der Waals surface area contributed by atoms with Crippen LogP contribution in [0, 0.1) is 6.92 Å². The molecule has 0 aliphatic rings. The summed E-state index contributed by atoms with van der Waals surface area (Å²) in [5.41, 5.74) is 2.28. The third kappa shape index (κ3) is 6.69. The van der Waals surface area contributed by atoms with E-state index in [0.29, 0.717) is 6.04 Å². The Labute approximate surface area is 118 Å². The maximum atomic E-state index is 4.58. The summed E-state index contributed by atoms with van der Waals surface area (Å²) < 4.78 is 0. The molecular formula is C16H29N3. The molecule has 1 heterocycles. The molecule has 0 aliphatic carbocycles. The van der Waals surface area contributed by atoms with Crippen molar-refractivity contribution in [2.75, 3.05) is 19.6 Å². The fraction of sp³-hybridized carbons (Fsp3) is 0.688. The van der Waals surface area contributed by atoms with Gasteiger partial charge in [0.2, 0.25) is 0 Å². The molecule has 3 nitrogen and oxygen atoms in total. The summed E-state index contributed by atoms with van der Waals surface area (Å²) in [6, 6.07) is 6.86. The Morgan fingerprint density at radius 1 is 1.32 bits per heavy atom. The first-order valence-electron chi connectivity index (χ1n) is 7.54. The van der Waals surface area contributed by atoms with Crippen molar-refractivity contribution in [2.24, 2.45) is 0 Å². The SMILES string of the molecule is CCCNC(C)CCN(CC)Cc1cccc(C)n1. The van der Waals surface area contributed by atoms with Gasteiger partial charge < -0.3 is 5.32 Å². The van der Waals surface area contributed by atoms with Gasteiger partial charge in [0.05, 0.1) is 5.69 Å². The maximum absolute atomic E-state index is 4.58. The van der Waals surface area contributed by atoms with Gasteiger partial charge in [-0.2, -0.15) is 0 Å². The van der Waals surface area contributed by atoms with Crippen LogP contribution in [0.3, 0.4) is 0 Å². The van der Waals surface area contributed by atoms with Crippen molar-refractivity contribution in [3.63, 3.8) is 0 Å². The van der Waals surface area contributed by atoms with E-state index < -0.39 is 0 Å². The van der Waals surface area contributed by atoms with Crippen LogP contribution in [0.4, 0.5) is 0 Å². The summed E-state index contributed by atoms with van der Waals surface area (Å²) in [6.07, 6.45) is 2.40. The Hall–Kier alpha value is -0.930. The molecule has 19 heavy (non-hydrogen) atoms. The van der Waals surface area contributed by atoms with Crippen molar-refractivity contribution in [3.8, 4) is 0 Å². The van der Waals surface area contributed by atoms with Crippen LogP contribution in [-0.2, 0) is 6.54 Å². The lowest BCUT2D eigenvalue weighted by molar-refractivity contribution is 0.260. The van der Waals surface area contributed by atoms with Gasteiger partial charge in [0.1, 0.15) is 0 Å². The molecule has 0 aromatic carbocycles. The number of nitrogens with zero attached hydrogens (tertiary/aromatic N) is 2. The molecule has 0 saturated heterocycles. The van der Waals surface area contributed by atoms with E-state index in [1.807, 2.05) is 0 Å². The summed E-state index contributed by atoms with van der Waals surface area (Å²) in [6.45, 7) is 13.0. The largest absolute Gasteiger partial charge is 0.314 e. The molecule has 1 rings (SSSR count). The highest BCUT2D eigenvalue weighted by atomic mass is 15.1. The monoisotopic (exact) mass is 263 g/mol. The number of nitrogens with one attached hydrogen (secondary N) is 1. The quantitative estimate of drug-likeness (QED) is 0.742. The first kappa shape index (κ1) is 16.1. The van der Waals surface area contributed by atoms with E-state index in [1.54, 1.807) is 0 Å². The van der Waals surface area contributed by atoms with Crippen molar-refractivity contribution in [2.45, 2.75) is 53.1 Å². The minimum absolute atomic E-state index is 0.597. The third-order valence-corrected chi connectivity index (χ3v) is 3.40. The van der Waals surface area contributed by atoms with Crippen molar-refractivity contribution in [1.29, 1.82) is 0 Å². The van der Waals surface area contributed by atoms with Crippen LogP contribution in [0.25, 0.3) is 0 Å². The molecule has 0 radical (unpaired) electrons. The average molecular weight is 263 g/mol. The summed E-state index contributed by atoms with van der Waals surface area (Å²) >= 11 is 0. The number of aryl methyl sites for hydroxylation is 1. The highest BCUT2D eigenvalue weighted by molar-refractivity contribution is 5.09. The zero-order valence-electron chi connectivity index (χ0n) is 12.9. The van der Waals surface area contributed by atoms with E-state index in [4.69, 9.17) is 0 Å². The van der Waals surface area contributed by atoms with Crippen LogP contribution in [0.15, 0.2) is 18.2 Å². The van der Waals surface area contributed by atoms with Gasteiger partial charge in [0, 0.05) is 24.8 Å². The average Bonchev–Trinajstić information content (AvgIpc) is 2.41. The molecule has 1 unspecified atom stereocenters. The normalized spacial score (nSPS) is 12.9. The fourth-order valence-corrected chi connectivity index (χ4v) is 2.13. The smallest absolute Gasteiger partial charge is 0.0547 e. The van der Waals surface area contributed by atoms with Crippen LogP contribution in [0.1, 0.15) is 45.0 Å². The molecule has 0 spiro atoms. The lowest BCUT2D eigenvalue weighted by Crippen LogP contribution is -2.32. The van der Waals surface area contributed by atoms with Crippen LogP contribution < -0.4 is 5.32 Å². The molecule has 0 fully saturated rings. The van der Waals surface area contributed by atoms with Gasteiger partial charge in [-0.3, -0.25) is 9.88 Å². The summed E-state index contributed by atoms with van der Waals surface area (Å²) in [5, 5.41) is 3.54. The Kier molecular flexibility index (Phi) is 7.68. The highest BCUT2D eigenvalue weighted by Crippen LogP contribution is 2.05. The van der Waals surface area contributed by atoms with Crippen molar-refractivity contribution in [3.05, 3.63) is 29.6 Å². The number of hydrogen-bond donors (Lipinski definition) is 1. The summed E-state index contributed by atoms with van der Waals surface area (Å²) in [7, 11) is 0. The Morgan fingerprint density at radius 2 is 2.11 bits per heavy atom. The molecule has 0 amide bonds. The van der Waals surface area contributed by atoms with Crippen LogP contribution in [0.5, 0.6) is 0 Å². The number of rotatable bonds is 9. The topological polar surface area (TPSA) is 28.2 Å². The fourth-order valence-electron chi connectivity index (χ4n) is 2.13. The van der Waals surface area contributed by atoms with Gasteiger partial charge >= 0.3 is 0 Å². The number of hydrogen-bond acceptors (Lipinski definition) is 3. The minimum Gasteiger partial charge on any atom is -0.314 e. The van der Waals surface area contributed by atoms with Gasteiger partial charge in [-0.25, -0.2) is 0 Å². The molecular weight excluding hydrogens is 234 g/mol. The predicted octanol–water partition coefficient (Wildman–Crippen LogP) is 2.99. The van der Waals surface area contributed by atoms with Crippen LogP contribution in [0.2, 0.25) is 0 Å². The number of pyridine rings is 1. The molecule has 0 aliphatic heterocycles. The van der Waals surface area contributed by atoms with E-state index in [0.717, 1.165) is 31.9 Å². The zero-order valence-corrected chi connectivity index (χ0v) is 12.9.